The van der Waals surface area contributed by atoms with Gasteiger partial charge in [-0.2, -0.15) is 0 Å². The van der Waals surface area contributed by atoms with Gasteiger partial charge in [-0.15, -0.1) is 0 Å². The van der Waals surface area contributed by atoms with E-state index < -0.39 is 0 Å². The minimum atomic E-state index is 0.320. The SMILES string of the molecule is CCNC(CCC1CCCCO1)c1ccc(Cl)c(Cl)c1. The molecule has 2 unspecified atom stereocenters. The van der Waals surface area contributed by atoms with E-state index in [1.54, 1.807) is 0 Å². The maximum absolute atomic E-state index is 6.12. The van der Waals surface area contributed by atoms with Crippen LogP contribution in [0.2, 0.25) is 10.0 Å². The summed E-state index contributed by atoms with van der Waals surface area (Å²) in [4.78, 5) is 0. The summed E-state index contributed by atoms with van der Waals surface area (Å²) in [5.74, 6) is 0. The third-order valence-electron chi connectivity index (χ3n) is 3.85. The fourth-order valence-corrected chi connectivity index (χ4v) is 3.06. The lowest BCUT2D eigenvalue weighted by Gasteiger charge is -2.25. The normalized spacial score (nSPS) is 20.9. The first kappa shape index (κ1) is 16.1. The van der Waals surface area contributed by atoms with Crippen LogP contribution in [-0.4, -0.2) is 19.3 Å². The van der Waals surface area contributed by atoms with E-state index >= 15 is 0 Å². The minimum absolute atomic E-state index is 0.320. The van der Waals surface area contributed by atoms with Crippen molar-refractivity contribution in [2.75, 3.05) is 13.2 Å². The Morgan fingerprint density at radius 2 is 2.15 bits per heavy atom. The second-order valence-electron chi connectivity index (χ2n) is 5.35. The molecule has 20 heavy (non-hydrogen) atoms. The molecule has 0 saturated carbocycles. The van der Waals surface area contributed by atoms with Crippen molar-refractivity contribution in [3.8, 4) is 0 Å². The van der Waals surface area contributed by atoms with Gasteiger partial charge in [-0.3, -0.25) is 0 Å². The van der Waals surface area contributed by atoms with E-state index in [9.17, 15) is 0 Å². The Morgan fingerprint density at radius 1 is 1.30 bits per heavy atom. The Labute approximate surface area is 131 Å². The van der Waals surface area contributed by atoms with Crippen LogP contribution in [0, 0.1) is 0 Å². The molecule has 1 saturated heterocycles. The lowest BCUT2D eigenvalue weighted by Crippen LogP contribution is -2.25. The molecule has 4 heteroatoms. The molecular weight excluding hydrogens is 293 g/mol. The average Bonchev–Trinajstić information content (AvgIpc) is 2.47. The van der Waals surface area contributed by atoms with Gasteiger partial charge in [-0.25, -0.2) is 0 Å². The highest BCUT2D eigenvalue weighted by molar-refractivity contribution is 6.42. The quantitative estimate of drug-likeness (QED) is 0.798. The highest BCUT2D eigenvalue weighted by atomic mass is 35.5. The van der Waals surface area contributed by atoms with E-state index in [0.29, 0.717) is 22.2 Å². The predicted octanol–water partition coefficient (Wildman–Crippen LogP) is 4.99. The minimum Gasteiger partial charge on any atom is -0.378 e. The zero-order valence-corrected chi connectivity index (χ0v) is 13.5. The molecule has 112 valence electrons. The maximum Gasteiger partial charge on any atom is 0.0595 e. The second-order valence-corrected chi connectivity index (χ2v) is 6.16. The van der Waals surface area contributed by atoms with Crippen molar-refractivity contribution in [1.82, 2.24) is 5.32 Å². The third-order valence-corrected chi connectivity index (χ3v) is 4.59. The Morgan fingerprint density at radius 3 is 2.80 bits per heavy atom. The molecule has 1 aromatic rings. The zero-order chi connectivity index (χ0) is 14.4. The molecule has 1 aliphatic heterocycles. The summed E-state index contributed by atoms with van der Waals surface area (Å²) in [6.07, 6.45) is 6.28. The van der Waals surface area contributed by atoms with Gasteiger partial charge in [-0.05, 0) is 56.3 Å². The summed E-state index contributed by atoms with van der Waals surface area (Å²) in [6, 6.07) is 6.23. The van der Waals surface area contributed by atoms with E-state index in [-0.39, 0.29) is 0 Å². The first-order valence-corrected chi connectivity index (χ1v) is 8.26. The number of nitrogens with one attached hydrogen (secondary N) is 1. The van der Waals surface area contributed by atoms with E-state index in [1.807, 2.05) is 12.1 Å². The van der Waals surface area contributed by atoms with Gasteiger partial charge in [0.15, 0.2) is 0 Å². The summed E-state index contributed by atoms with van der Waals surface area (Å²) >= 11 is 12.1. The van der Waals surface area contributed by atoms with Crippen LogP contribution in [0.3, 0.4) is 0 Å². The molecule has 0 radical (unpaired) electrons. The molecule has 0 aromatic heterocycles. The van der Waals surface area contributed by atoms with E-state index in [2.05, 4.69) is 18.3 Å². The Kier molecular flexibility index (Phi) is 6.63. The topological polar surface area (TPSA) is 21.3 Å². The van der Waals surface area contributed by atoms with Gasteiger partial charge in [0.25, 0.3) is 0 Å². The van der Waals surface area contributed by atoms with Gasteiger partial charge in [0.05, 0.1) is 16.1 Å². The summed E-state index contributed by atoms with van der Waals surface area (Å²) in [7, 11) is 0. The Balaban J connectivity index is 1.96. The molecule has 1 N–H and O–H groups in total. The molecule has 1 heterocycles. The standard InChI is InChI=1S/C16H23Cl2NO/c1-2-19-16(9-7-13-5-3-4-10-20-13)12-6-8-14(17)15(18)11-12/h6,8,11,13,16,19H,2-5,7,9-10H2,1H3. The smallest absolute Gasteiger partial charge is 0.0595 e. The largest absolute Gasteiger partial charge is 0.378 e. The Hall–Kier alpha value is -0.280. The number of halogens is 2. The van der Waals surface area contributed by atoms with Gasteiger partial charge in [0.2, 0.25) is 0 Å². The molecule has 2 nitrogen and oxygen atoms in total. The molecule has 1 aromatic carbocycles. The number of ether oxygens (including phenoxy) is 1. The summed E-state index contributed by atoms with van der Waals surface area (Å²) in [6.45, 7) is 3.99. The summed E-state index contributed by atoms with van der Waals surface area (Å²) < 4.78 is 5.81. The molecular formula is C16H23Cl2NO. The van der Waals surface area contributed by atoms with Crippen LogP contribution in [0.5, 0.6) is 0 Å². The van der Waals surface area contributed by atoms with Crippen molar-refractivity contribution >= 4 is 23.2 Å². The third kappa shape index (κ3) is 4.63. The van der Waals surface area contributed by atoms with E-state index in [0.717, 1.165) is 26.0 Å². The molecule has 0 amide bonds. The first-order valence-electron chi connectivity index (χ1n) is 7.50. The lowest BCUT2D eigenvalue weighted by atomic mass is 9.97. The maximum atomic E-state index is 6.12. The molecule has 0 bridgehead atoms. The van der Waals surface area contributed by atoms with Crippen molar-refractivity contribution in [3.05, 3.63) is 33.8 Å². The number of hydrogen-bond acceptors (Lipinski definition) is 2. The van der Waals surface area contributed by atoms with Gasteiger partial charge >= 0.3 is 0 Å². The van der Waals surface area contributed by atoms with Crippen LogP contribution in [0.15, 0.2) is 18.2 Å². The Bertz CT molecular complexity index is 419. The second kappa shape index (κ2) is 8.23. The summed E-state index contributed by atoms with van der Waals surface area (Å²) in [5, 5.41) is 4.77. The van der Waals surface area contributed by atoms with Crippen LogP contribution in [0.4, 0.5) is 0 Å². The molecule has 0 spiro atoms. The highest BCUT2D eigenvalue weighted by Crippen LogP contribution is 2.29. The monoisotopic (exact) mass is 315 g/mol. The van der Waals surface area contributed by atoms with Crippen molar-refractivity contribution in [2.24, 2.45) is 0 Å². The van der Waals surface area contributed by atoms with Crippen molar-refractivity contribution in [1.29, 1.82) is 0 Å². The van der Waals surface area contributed by atoms with Crippen molar-refractivity contribution in [3.63, 3.8) is 0 Å². The average molecular weight is 316 g/mol. The molecule has 1 fully saturated rings. The van der Waals surface area contributed by atoms with Crippen LogP contribution in [0.25, 0.3) is 0 Å². The first-order chi connectivity index (χ1) is 9.70. The predicted molar refractivity (Wildman–Crippen MR) is 85.7 cm³/mol. The number of hydrogen-bond donors (Lipinski definition) is 1. The van der Waals surface area contributed by atoms with Gasteiger partial charge in [0.1, 0.15) is 0 Å². The van der Waals surface area contributed by atoms with Gasteiger partial charge in [-0.1, -0.05) is 36.2 Å². The van der Waals surface area contributed by atoms with Crippen molar-refractivity contribution < 1.29 is 4.74 Å². The highest BCUT2D eigenvalue weighted by Gasteiger charge is 2.18. The number of benzene rings is 1. The van der Waals surface area contributed by atoms with Crippen LogP contribution in [-0.2, 0) is 4.74 Å². The molecule has 2 rings (SSSR count). The molecule has 0 aliphatic carbocycles. The fraction of sp³-hybridized carbons (Fsp3) is 0.625. The fourth-order valence-electron chi connectivity index (χ4n) is 2.75. The van der Waals surface area contributed by atoms with Crippen LogP contribution in [0.1, 0.15) is 50.6 Å². The van der Waals surface area contributed by atoms with Crippen LogP contribution < -0.4 is 5.32 Å². The van der Waals surface area contributed by atoms with E-state index in [1.165, 1.54) is 24.8 Å². The number of rotatable bonds is 6. The van der Waals surface area contributed by atoms with Gasteiger partial charge in [0, 0.05) is 12.6 Å². The van der Waals surface area contributed by atoms with Crippen molar-refractivity contribution in [2.45, 2.75) is 51.2 Å². The molecule has 1 aliphatic rings. The van der Waals surface area contributed by atoms with E-state index in [4.69, 9.17) is 27.9 Å². The summed E-state index contributed by atoms with van der Waals surface area (Å²) in [5.41, 5.74) is 1.21. The lowest BCUT2D eigenvalue weighted by molar-refractivity contribution is 0.00857. The zero-order valence-electron chi connectivity index (χ0n) is 12.0. The van der Waals surface area contributed by atoms with Gasteiger partial charge < -0.3 is 10.1 Å². The molecule has 2 atom stereocenters. The van der Waals surface area contributed by atoms with Crippen LogP contribution >= 0.6 is 23.2 Å².